The minimum absolute atomic E-state index is 0.0974. The van der Waals surface area contributed by atoms with E-state index in [4.69, 9.17) is 0 Å². The monoisotopic (exact) mass is 495 g/mol. The number of fused-ring (bicyclic) bond motifs is 2. The first kappa shape index (κ1) is 23.5. The number of hydrogen-bond donors (Lipinski definition) is 4. The maximum Gasteiger partial charge on any atom is 0.417 e. The van der Waals surface area contributed by atoms with Gasteiger partial charge in [-0.1, -0.05) is 24.3 Å². The van der Waals surface area contributed by atoms with Crippen LogP contribution in [-0.4, -0.2) is 40.3 Å². The number of benzene rings is 3. The van der Waals surface area contributed by atoms with Crippen LogP contribution in [0, 0.1) is 5.82 Å². The Bertz CT molecular complexity index is 1550. The summed E-state index contributed by atoms with van der Waals surface area (Å²) in [6.45, 7) is 1.39. The van der Waals surface area contributed by atoms with Crippen molar-refractivity contribution in [2.45, 2.75) is 6.18 Å². The number of hydrogen-bond acceptors (Lipinski definition) is 6. The lowest BCUT2D eigenvalue weighted by molar-refractivity contribution is -0.137. The lowest BCUT2D eigenvalue weighted by Crippen LogP contribution is -2.17. The Morgan fingerprint density at radius 1 is 0.889 bits per heavy atom. The highest BCUT2D eigenvalue weighted by atomic mass is 19.4. The lowest BCUT2D eigenvalue weighted by atomic mass is 10.1. The van der Waals surface area contributed by atoms with Crippen molar-refractivity contribution in [2.75, 3.05) is 30.8 Å². The van der Waals surface area contributed by atoms with Gasteiger partial charge in [0.1, 0.15) is 17.2 Å². The summed E-state index contributed by atoms with van der Waals surface area (Å²) in [6.07, 6.45) is -4.58. The average Bonchev–Trinajstić information content (AvgIpc) is 3.28. The van der Waals surface area contributed by atoms with Crippen LogP contribution in [0.15, 0.2) is 60.7 Å². The Labute approximate surface area is 203 Å². The first-order valence-corrected chi connectivity index (χ1v) is 11.1. The minimum Gasteiger partial charge on any atom is -0.384 e. The first-order valence-electron chi connectivity index (χ1n) is 11.1. The summed E-state index contributed by atoms with van der Waals surface area (Å²) in [7, 11) is 1.84. The highest BCUT2D eigenvalue weighted by Gasteiger charge is 2.34. The lowest BCUT2D eigenvalue weighted by Gasteiger charge is -2.15. The molecule has 0 amide bonds. The molecule has 0 aliphatic rings. The number of nitrogens with one attached hydrogen (secondary N) is 4. The second-order valence-corrected chi connectivity index (χ2v) is 8.06. The van der Waals surface area contributed by atoms with Crippen molar-refractivity contribution in [2.24, 2.45) is 0 Å². The van der Waals surface area contributed by atoms with Crippen LogP contribution in [0.3, 0.4) is 0 Å². The average molecular weight is 495 g/mol. The predicted octanol–water partition coefficient (Wildman–Crippen LogP) is 5.71. The molecule has 36 heavy (non-hydrogen) atoms. The Hall–Kier alpha value is -4.25. The van der Waals surface area contributed by atoms with Gasteiger partial charge >= 0.3 is 6.18 Å². The number of nitrogens with zero attached hydrogens (tertiary/aromatic N) is 3. The van der Waals surface area contributed by atoms with Crippen molar-refractivity contribution >= 4 is 39.1 Å². The quantitative estimate of drug-likeness (QED) is 0.171. The standard InChI is InChI=1S/C25H21F4N7/c1-30-11-12-31-14-9-10-20-17(13-14)23(34-24-16-6-4-8-19(26)21(16)35-36-24)33-22(32-20)15-5-2-3-7-18(15)25(27,28)29/h2-10,13,30-31H,11-12H2,1H3,(H2,32,33,34,35,36). The van der Waals surface area contributed by atoms with Gasteiger partial charge in [-0.05, 0) is 43.4 Å². The summed E-state index contributed by atoms with van der Waals surface area (Å²) >= 11 is 0. The van der Waals surface area contributed by atoms with Crippen molar-refractivity contribution in [1.82, 2.24) is 25.5 Å². The summed E-state index contributed by atoms with van der Waals surface area (Å²) in [5.41, 5.74) is 0.433. The van der Waals surface area contributed by atoms with E-state index in [1.54, 1.807) is 24.3 Å². The fourth-order valence-electron chi connectivity index (χ4n) is 3.93. The van der Waals surface area contributed by atoms with Gasteiger partial charge in [0.05, 0.1) is 11.1 Å². The molecule has 7 nitrogen and oxygen atoms in total. The number of para-hydroxylation sites is 1. The van der Waals surface area contributed by atoms with Crippen LogP contribution in [-0.2, 0) is 6.18 Å². The third kappa shape index (κ3) is 4.52. The van der Waals surface area contributed by atoms with Gasteiger partial charge in [0.25, 0.3) is 0 Å². The molecule has 0 aliphatic carbocycles. The molecule has 0 saturated heterocycles. The number of halogens is 4. The largest absolute Gasteiger partial charge is 0.417 e. The molecule has 2 heterocycles. The molecule has 0 saturated carbocycles. The fourth-order valence-corrected chi connectivity index (χ4v) is 3.93. The fraction of sp³-hybridized carbons (Fsp3) is 0.160. The van der Waals surface area contributed by atoms with Crippen molar-refractivity contribution in [1.29, 1.82) is 0 Å². The van der Waals surface area contributed by atoms with Crippen molar-refractivity contribution in [3.63, 3.8) is 0 Å². The molecule has 0 spiro atoms. The van der Waals surface area contributed by atoms with E-state index in [2.05, 4.69) is 36.1 Å². The zero-order chi connectivity index (χ0) is 25.3. The van der Waals surface area contributed by atoms with Crippen LogP contribution in [0.1, 0.15) is 5.56 Å². The summed E-state index contributed by atoms with van der Waals surface area (Å²) in [4.78, 5) is 8.92. The van der Waals surface area contributed by atoms with Crippen LogP contribution in [0.2, 0.25) is 0 Å². The summed E-state index contributed by atoms with van der Waals surface area (Å²) in [5, 5.41) is 17.2. The second-order valence-electron chi connectivity index (χ2n) is 8.06. The topological polar surface area (TPSA) is 90.6 Å². The van der Waals surface area contributed by atoms with Gasteiger partial charge < -0.3 is 16.0 Å². The highest BCUT2D eigenvalue weighted by Crippen LogP contribution is 2.38. The maximum absolute atomic E-state index is 14.2. The van der Waals surface area contributed by atoms with Gasteiger partial charge in [-0.3, -0.25) is 5.10 Å². The van der Waals surface area contributed by atoms with E-state index in [1.807, 2.05) is 13.1 Å². The molecule has 4 N–H and O–H groups in total. The first-order chi connectivity index (χ1) is 17.3. The molecule has 0 fully saturated rings. The number of aromatic nitrogens is 4. The Balaban J connectivity index is 1.67. The molecule has 11 heteroatoms. The molecule has 2 aromatic heterocycles. The molecule has 0 aliphatic heterocycles. The second kappa shape index (κ2) is 9.42. The summed E-state index contributed by atoms with van der Waals surface area (Å²) < 4.78 is 55.4. The van der Waals surface area contributed by atoms with Crippen molar-refractivity contribution in [3.8, 4) is 11.4 Å². The van der Waals surface area contributed by atoms with Gasteiger partial charge in [0, 0.05) is 35.1 Å². The summed E-state index contributed by atoms with van der Waals surface area (Å²) in [6, 6.07) is 15.0. The van der Waals surface area contributed by atoms with E-state index in [9.17, 15) is 17.6 Å². The maximum atomic E-state index is 14.2. The number of alkyl halides is 3. The number of anilines is 3. The molecular weight excluding hydrogens is 474 g/mol. The van der Waals surface area contributed by atoms with Crippen LogP contribution >= 0.6 is 0 Å². The van der Waals surface area contributed by atoms with Gasteiger partial charge in [0.15, 0.2) is 11.6 Å². The third-order valence-corrected chi connectivity index (χ3v) is 5.66. The molecule has 5 rings (SSSR count). The number of rotatable bonds is 7. The van der Waals surface area contributed by atoms with Gasteiger partial charge in [-0.2, -0.15) is 18.3 Å². The van der Waals surface area contributed by atoms with Gasteiger partial charge in [-0.25, -0.2) is 14.4 Å². The molecule has 0 unspecified atom stereocenters. The van der Waals surface area contributed by atoms with E-state index in [0.29, 0.717) is 22.8 Å². The Kier molecular flexibility index (Phi) is 6.15. The normalized spacial score (nSPS) is 11.8. The molecule has 0 atom stereocenters. The number of likely N-dealkylation sites (N-methyl/N-ethyl adjacent to an activating group) is 1. The predicted molar refractivity (Wildman–Crippen MR) is 132 cm³/mol. The van der Waals surface area contributed by atoms with Gasteiger partial charge in [-0.15, -0.1) is 0 Å². The van der Waals surface area contributed by atoms with Crippen LogP contribution in [0.4, 0.5) is 34.9 Å². The molecule has 184 valence electrons. The van der Waals surface area contributed by atoms with E-state index >= 15 is 0 Å². The van der Waals surface area contributed by atoms with E-state index in [-0.39, 0.29) is 28.5 Å². The Morgan fingerprint density at radius 2 is 1.72 bits per heavy atom. The van der Waals surface area contributed by atoms with E-state index < -0.39 is 17.6 Å². The zero-order valence-corrected chi connectivity index (χ0v) is 19.0. The molecule has 0 radical (unpaired) electrons. The molecular formula is C25H21F4N7. The summed E-state index contributed by atoms with van der Waals surface area (Å²) in [5.74, 6) is -0.0498. The smallest absolute Gasteiger partial charge is 0.384 e. The van der Waals surface area contributed by atoms with Crippen LogP contribution in [0.5, 0.6) is 0 Å². The SMILES string of the molecule is CNCCNc1ccc2nc(-c3ccccc3C(F)(F)F)nc(Nc3n[nH]c4c(F)cccc34)c2c1. The van der Waals surface area contributed by atoms with Crippen LogP contribution in [0.25, 0.3) is 33.2 Å². The molecule has 5 aromatic rings. The number of aromatic amines is 1. The minimum atomic E-state index is -4.58. The highest BCUT2D eigenvalue weighted by molar-refractivity contribution is 5.98. The zero-order valence-electron chi connectivity index (χ0n) is 19.0. The Morgan fingerprint density at radius 3 is 2.53 bits per heavy atom. The van der Waals surface area contributed by atoms with Crippen molar-refractivity contribution < 1.29 is 17.6 Å². The van der Waals surface area contributed by atoms with E-state index in [1.165, 1.54) is 24.3 Å². The number of H-pyrrole nitrogens is 1. The third-order valence-electron chi connectivity index (χ3n) is 5.66. The van der Waals surface area contributed by atoms with Crippen molar-refractivity contribution in [3.05, 3.63) is 72.0 Å². The van der Waals surface area contributed by atoms with Gasteiger partial charge in [0.2, 0.25) is 0 Å². The van der Waals surface area contributed by atoms with E-state index in [0.717, 1.165) is 18.3 Å². The molecule has 3 aromatic carbocycles. The molecule has 0 bridgehead atoms. The van der Waals surface area contributed by atoms with Crippen LogP contribution < -0.4 is 16.0 Å².